The van der Waals surface area contributed by atoms with Gasteiger partial charge in [-0.05, 0) is 116 Å². The van der Waals surface area contributed by atoms with Gasteiger partial charge in [0.15, 0.2) is 0 Å². The molecule has 0 saturated heterocycles. The van der Waals surface area contributed by atoms with Gasteiger partial charge in [0.1, 0.15) is 0 Å². The molecule has 5 aliphatic rings. The van der Waals surface area contributed by atoms with E-state index in [9.17, 15) is 0 Å². The highest BCUT2D eigenvalue weighted by atomic mass is 14.5. The van der Waals surface area contributed by atoms with Crippen LogP contribution in [0.3, 0.4) is 0 Å². The van der Waals surface area contributed by atoms with Gasteiger partial charge >= 0.3 is 0 Å². The Morgan fingerprint density at radius 2 is 1.32 bits per heavy atom. The monoisotopic (exact) mass is 513 g/mol. The molecule has 5 fully saturated rings. The van der Waals surface area contributed by atoms with Crippen LogP contribution in [0.1, 0.15) is 164 Å². The quantitative estimate of drug-likeness (QED) is 0.318. The van der Waals surface area contributed by atoms with Crippen LogP contribution in [-0.2, 0) is 0 Å². The summed E-state index contributed by atoms with van der Waals surface area (Å²) in [4.78, 5) is 0. The molecule has 5 rings (SSSR count). The molecule has 0 heterocycles. The summed E-state index contributed by atoms with van der Waals surface area (Å²) >= 11 is 0. The number of unbranched alkanes of at least 4 members (excludes halogenated alkanes) is 1. The van der Waals surface area contributed by atoms with Crippen LogP contribution >= 0.6 is 0 Å². The lowest BCUT2D eigenvalue weighted by Crippen LogP contribution is -2.44. The van der Waals surface area contributed by atoms with Crippen molar-refractivity contribution in [3.8, 4) is 0 Å². The predicted octanol–water partition coefficient (Wildman–Crippen LogP) is 12.0. The number of hydrogen-bond donors (Lipinski definition) is 0. The molecule has 0 N–H and O–H groups in total. The van der Waals surface area contributed by atoms with E-state index < -0.39 is 0 Å². The van der Waals surface area contributed by atoms with Gasteiger partial charge in [-0.3, -0.25) is 0 Å². The van der Waals surface area contributed by atoms with Crippen LogP contribution in [0, 0.1) is 71.0 Å². The van der Waals surface area contributed by atoms with Crippen molar-refractivity contribution >= 4 is 0 Å². The third-order valence-electron chi connectivity index (χ3n) is 13.3. The lowest BCUT2D eigenvalue weighted by Gasteiger charge is -2.51. The SMILES string of the molecule is CCC1CCC(C)C(C2CCC(C)C2)C1.CCCCC1C(C)CC2CCCC2C1C1CCCCC1CC. The van der Waals surface area contributed by atoms with E-state index in [0.29, 0.717) is 0 Å². The Kier molecular flexibility index (Phi) is 11.8. The molecule has 0 amide bonds. The van der Waals surface area contributed by atoms with E-state index in [0.717, 1.165) is 71.0 Å². The van der Waals surface area contributed by atoms with Gasteiger partial charge in [-0.25, -0.2) is 0 Å². The molecule has 12 atom stereocenters. The molecule has 0 aromatic heterocycles. The van der Waals surface area contributed by atoms with Gasteiger partial charge in [-0.15, -0.1) is 0 Å². The van der Waals surface area contributed by atoms with E-state index in [-0.39, 0.29) is 0 Å². The third kappa shape index (κ3) is 7.40. The molecule has 0 bridgehead atoms. The lowest BCUT2D eigenvalue weighted by molar-refractivity contribution is -0.0197. The molecule has 0 heteroatoms. The third-order valence-corrected chi connectivity index (χ3v) is 13.3. The first-order valence-electron chi connectivity index (χ1n) is 18.0. The second-order valence-electron chi connectivity index (χ2n) is 15.5. The maximum atomic E-state index is 2.62. The van der Waals surface area contributed by atoms with E-state index in [4.69, 9.17) is 0 Å². The van der Waals surface area contributed by atoms with Crippen LogP contribution in [0.2, 0.25) is 0 Å². The standard InChI is InChI=1S/C22H40.C15H28/c1-4-6-12-19-16(3)15-18-11-9-14-21(18)22(19)20-13-8-7-10-17(20)5-2;1-4-13-7-6-12(3)15(10-13)14-8-5-11(2)9-14/h16-22H,4-15H2,1-3H3;11-15H,4-10H2,1-3H3. The summed E-state index contributed by atoms with van der Waals surface area (Å²) in [7, 11) is 0. The highest BCUT2D eigenvalue weighted by Gasteiger charge is 2.48. The zero-order chi connectivity index (χ0) is 26.4. The van der Waals surface area contributed by atoms with Gasteiger partial charge < -0.3 is 0 Å². The fourth-order valence-electron chi connectivity index (χ4n) is 11.1. The van der Waals surface area contributed by atoms with Crippen LogP contribution in [0.4, 0.5) is 0 Å². The minimum atomic E-state index is 1.01. The van der Waals surface area contributed by atoms with E-state index in [1.54, 1.807) is 51.4 Å². The molecule has 5 saturated carbocycles. The molecular weight excluding hydrogens is 444 g/mol. The van der Waals surface area contributed by atoms with Gasteiger partial charge in [0.25, 0.3) is 0 Å². The van der Waals surface area contributed by atoms with Crippen molar-refractivity contribution in [1.82, 2.24) is 0 Å². The Morgan fingerprint density at radius 1 is 0.568 bits per heavy atom. The van der Waals surface area contributed by atoms with Crippen LogP contribution < -0.4 is 0 Å². The molecule has 0 nitrogen and oxygen atoms in total. The Hall–Kier alpha value is 0. The number of hydrogen-bond acceptors (Lipinski definition) is 0. The molecule has 0 aliphatic heterocycles. The Bertz CT molecular complexity index is 636. The van der Waals surface area contributed by atoms with Crippen molar-refractivity contribution < 1.29 is 0 Å². The largest absolute Gasteiger partial charge is 0.0654 e. The van der Waals surface area contributed by atoms with Gasteiger partial charge in [-0.1, -0.05) is 119 Å². The molecule has 12 unspecified atom stereocenters. The molecule has 0 radical (unpaired) electrons. The summed E-state index contributed by atoms with van der Waals surface area (Å²) in [5.41, 5.74) is 0. The van der Waals surface area contributed by atoms with Gasteiger partial charge in [-0.2, -0.15) is 0 Å². The first-order chi connectivity index (χ1) is 18.0. The zero-order valence-electron chi connectivity index (χ0n) is 26.4. The van der Waals surface area contributed by atoms with Crippen LogP contribution in [-0.4, -0.2) is 0 Å². The number of rotatable bonds is 7. The first-order valence-corrected chi connectivity index (χ1v) is 18.0. The summed E-state index contributed by atoms with van der Waals surface area (Å²) in [6, 6.07) is 0. The van der Waals surface area contributed by atoms with E-state index in [1.165, 1.54) is 70.6 Å². The Balaban J connectivity index is 0.000000186. The average molecular weight is 513 g/mol. The Labute approximate surface area is 234 Å². The normalized spacial score (nSPS) is 46.2. The highest BCUT2D eigenvalue weighted by Crippen LogP contribution is 2.57. The summed E-state index contributed by atoms with van der Waals surface area (Å²) in [5.74, 6) is 12.8. The summed E-state index contributed by atoms with van der Waals surface area (Å²) in [6.07, 6.45) is 28.9. The van der Waals surface area contributed by atoms with Crippen LogP contribution in [0.5, 0.6) is 0 Å². The van der Waals surface area contributed by atoms with Gasteiger partial charge in [0.05, 0.1) is 0 Å². The molecule has 0 spiro atoms. The summed E-state index contributed by atoms with van der Waals surface area (Å²) in [6.45, 7) is 14.8. The molecule has 0 aromatic carbocycles. The van der Waals surface area contributed by atoms with Crippen molar-refractivity contribution in [2.75, 3.05) is 0 Å². The van der Waals surface area contributed by atoms with E-state index in [1.807, 2.05) is 0 Å². The molecule has 0 aromatic rings. The van der Waals surface area contributed by atoms with Crippen molar-refractivity contribution in [2.45, 2.75) is 164 Å². The van der Waals surface area contributed by atoms with Crippen molar-refractivity contribution in [3.63, 3.8) is 0 Å². The number of fused-ring (bicyclic) bond motifs is 1. The van der Waals surface area contributed by atoms with Crippen LogP contribution in [0.15, 0.2) is 0 Å². The minimum Gasteiger partial charge on any atom is -0.0654 e. The summed E-state index contributed by atoms with van der Waals surface area (Å²) in [5, 5.41) is 0. The van der Waals surface area contributed by atoms with Crippen molar-refractivity contribution in [1.29, 1.82) is 0 Å². The Morgan fingerprint density at radius 3 is 2.03 bits per heavy atom. The molecule has 37 heavy (non-hydrogen) atoms. The van der Waals surface area contributed by atoms with E-state index >= 15 is 0 Å². The maximum absolute atomic E-state index is 2.62. The van der Waals surface area contributed by atoms with E-state index in [2.05, 4.69) is 41.5 Å². The molecule has 216 valence electrons. The second kappa shape index (κ2) is 14.6. The second-order valence-corrected chi connectivity index (χ2v) is 15.5. The van der Waals surface area contributed by atoms with Gasteiger partial charge in [0, 0.05) is 0 Å². The highest BCUT2D eigenvalue weighted by molar-refractivity contribution is 4.98. The topological polar surface area (TPSA) is 0 Å². The molecule has 5 aliphatic carbocycles. The average Bonchev–Trinajstić information content (AvgIpc) is 3.56. The summed E-state index contributed by atoms with van der Waals surface area (Å²) < 4.78 is 0. The van der Waals surface area contributed by atoms with Gasteiger partial charge in [0.2, 0.25) is 0 Å². The van der Waals surface area contributed by atoms with Crippen molar-refractivity contribution in [2.24, 2.45) is 71.0 Å². The molecular formula is C37H68. The fraction of sp³-hybridized carbons (Fsp3) is 1.00. The van der Waals surface area contributed by atoms with Crippen LogP contribution in [0.25, 0.3) is 0 Å². The fourth-order valence-corrected chi connectivity index (χ4v) is 11.1. The smallest absolute Gasteiger partial charge is 0.0321 e. The predicted molar refractivity (Wildman–Crippen MR) is 164 cm³/mol. The minimum absolute atomic E-state index is 1.01. The maximum Gasteiger partial charge on any atom is -0.0321 e. The van der Waals surface area contributed by atoms with Crippen molar-refractivity contribution in [3.05, 3.63) is 0 Å². The lowest BCUT2D eigenvalue weighted by atomic mass is 9.54. The zero-order valence-corrected chi connectivity index (χ0v) is 26.4. The first kappa shape index (κ1) is 30.0.